The third-order valence-corrected chi connectivity index (χ3v) is 6.09. The Hall–Kier alpha value is -2.51. The lowest BCUT2D eigenvalue weighted by Gasteiger charge is -2.34. The van der Waals surface area contributed by atoms with Gasteiger partial charge in [-0.2, -0.15) is 5.10 Å². The maximum Gasteiger partial charge on any atom is 0.275 e. The molecule has 0 saturated carbocycles. The molecule has 152 valence electrons. The molecular formula is C22H26N4O2S. The van der Waals surface area contributed by atoms with Gasteiger partial charge in [0.1, 0.15) is 0 Å². The van der Waals surface area contributed by atoms with E-state index in [1.54, 1.807) is 17.4 Å². The van der Waals surface area contributed by atoms with Gasteiger partial charge in [0.25, 0.3) is 11.5 Å². The highest BCUT2D eigenvalue weighted by Crippen LogP contribution is 2.18. The van der Waals surface area contributed by atoms with Crippen molar-refractivity contribution < 1.29 is 4.79 Å². The fraction of sp³-hybridized carbons (Fsp3) is 0.409. The van der Waals surface area contributed by atoms with Gasteiger partial charge in [-0.25, -0.2) is 4.68 Å². The average molecular weight is 411 g/mol. The van der Waals surface area contributed by atoms with E-state index in [9.17, 15) is 9.59 Å². The number of fused-ring (bicyclic) bond motifs is 1. The van der Waals surface area contributed by atoms with Gasteiger partial charge in [0.15, 0.2) is 5.69 Å². The minimum absolute atomic E-state index is 0.0884. The second-order valence-electron chi connectivity index (χ2n) is 7.92. The van der Waals surface area contributed by atoms with Gasteiger partial charge in [-0.3, -0.25) is 14.5 Å². The van der Waals surface area contributed by atoms with E-state index >= 15 is 0 Å². The van der Waals surface area contributed by atoms with Crippen LogP contribution in [0.25, 0.3) is 10.8 Å². The molecule has 0 bridgehead atoms. The van der Waals surface area contributed by atoms with Crippen LogP contribution in [0.4, 0.5) is 0 Å². The molecule has 3 aromatic rings. The molecule has 3 heterocycles. The van der Waals surface area contributed by atoms with Gasteiger partial charge in [-0.05, 0) is 23.4 Å². The number of hydrogen-bond acceptors (Lipinski definition) is 5. The lowest BCUT2D eigenvalue weighted by Crippen LogP contribution is -2.48. The first kappa shape index (κ1) is 19.8. The molecule has 4 rings (SSSR count). The van der Waals surface area contributed by atoms with Gasteiger partial charge in [0.05, 0.1) is 5.39 Å². The molecule has 1 aliphatic heterocycles. The van der Waals surface area contributed by atoms with Crippen molar-refractivity contribution >= 4 is 28.0 Å². The van der Waals surface area contributed by atoms with E-state index in [0.29, 0.717) is 36.1 Å². The number of piperazine rings is 1. The van der Waals surface area contributed by atoms with Gasteiger partial charge < -0.3 is 4.90 Å². The topological polar surface area (TPSA) is 58.4 Å². The van der Waals surface area contributed by atoms with Crippen LogP contribution in [0.2, 0.25) is 0 Å². The van der Waals surface area contributed by atoms with E-state index in [1.807, 2.05) is 36.9 Å². The maximum atomic E-state index is 13.3. The number of benzene rings is 1. The van der Waals surface area contributed by atoms with E-state index in [4.69, 9.17) is 0 Å². The Labute approximate surface area is 174 Å². The number of carbonyl (C=O) groups is 1. The van der Waals surface area contributed by atoms with E-state index in [1.165, 1.54) is 9.56 Å². The molecule has 0 N–H and O–H groups in total. The fourth-order valence-corrected chi connectivity index (χ4v) is 4.49. The molecule has 1 saturated heterocycles. The molecule has 1 fully saturated rings. The molecule has 7 heteroatoms. The van der Waals surface area contributed by atoms with Gasteiger partial charge in [-0.15, -0.1) is 11.3 Å². The third-order valence-electron chi connectivity index (χ3n) is 5.23. The van der Waals surface area contributed by atoms with Crippen molar-refractivity contribution in [1.82, 2.24) is 19.6 Å². The Kier molecular flexibility index (Phi) is 5.78. The summed E-state index contributed by atoms with van der Waals surface area (Å²) in [5.74, 6) is 0.180. The quantitative estimate of drug-likeness (QED) is 0.649. The van der Waals surface area contributed by atoms with Crippen LogP contribution in [0.15, 0.2) is 46.6 Å². The first-order valence-corrected chi connectivity index (χ1v) is 10.9. The molecule has 1 amide bonds. The molecular weight excluding hydrogens is 384 g/mol. The molecule has 0 atom stereocenters. The van der Waals surface area contributed by atoms with Crippen molar-refractivity contribution in [3.05, 3.63) is 62.7 Å². The average Bonchev–Trinajstić information content (AvgIpc) is 3.23. The van der Waals surface area contributed by atoms with E-state index < -0.39 is 0 Å². The standard InChI is InChI=1S/C22H26N4O2S/c1-16(2)14-26-21(27)19-8-4-3-7-18(19)20(23-26)22(28)25-11-9-24(10-12-25)15-17-6-5-13-29-17/h3-8,13,16H,9-12,14-15H2,1-2H3. The first-order chi connectivity index (χ1) is 14.0. The Bertz CT molecular complexity index is 1050. The number of rotatable bonds is 5. The zero-order valence-corrected chi connectivity index (χ0v) is 17.7. The Morgan fingerprint density at radius 2 is 1.79 bits per heavy atom. The number of amides is 1. The molecule has 0 spiro atoms. The minimum atomic E-state index is -0.133. The molecule has 29 heavy (non-hydrogen) atoms. The molecule has 1 aromatic carbocycles. The monoisotopic (exact) mass is 410 g/mol. The van der Waals surface area contributed by atoms with Gasteiger partial charge >= 0.3 is 0 Å². The smallest absolute Gasteiger partial charge is 0.275 e. The fourth-order valence-electron chi connectivity index (χ4n) is 3.74. The number of nitrogens with zero attached hydrogens (tertiary/aromatic N) is 4. The lowest BCUT2D eigenvalue weighted by molar-refractivity contribution is 0.0623. The molecule has 0 aliphatic carbocycles. The van der Waals surface area contributed by atoms with Crippen molar-refractivity contribution in [2.45, 2.75) is 26.9 Å². The lowest BCUT2D eigenvalue weighted by atomic mass is 10.1. The minimum Gasteiger partial charge on any atom is -0.335 e. The molecule has 6 nitrogen and oxygen atoms in total. The Morgan fingerprint density at radius 3 is 2.45 bits per heavy atom. The van der Waals surface area contributed by atoms with Gasteiger partial charge in [0, 0.05) is 49.5 Å². The summed E-state index contributed by atoms with van der Waals surface area (Å²) < 4.78 is 1.45. The van der Waals surface area contributed by atoms with Crippen molar-refractivity contribution in [2.75, 3.05) is 26.2 Å². The number of hydrogen-bond donors (Lipinski definition) is 0. The van der Waals surface area contributed by atoms with Crippen LogP contribution in [0.3, 0.4) is 0 Å². The van der Waals surface area contributed by atoms with Crippen molar-refractivity contribution in [3.8, 4) is 0 Å². The SMILES string of the molecule is CC(C)Cn1nc(C(=O)N2CCN(Cc3cccs3)CC2)c2ccccc2c1=O. The summed E-state index contributed by atoms with van der Waals surface area (Å²) in [6.07, 6.45) is 0. The van der Waals surface area contributed by atoms with Crippen LogP contribution in [0, 0.1) is 5.92 Å². The second-order valence-corrected chi connectivity index (χ2v) is 8.96. The largest absolute Gasteiger partial charge is 0.335 e. The van der Waals surface area contributed by atoms with E-state index in [-0.39, 0.29) is 17.4 Å². The van der Waals surface area contributed by atoms with Gasteiger partial charge in [-0.1, -0.05) is 38.1 Å². The maximum absolute atomic E-state index is 13.3. The number of thiophene rings is 1. The first-order valence-electron chi connectivity index (χ1n) is 10.1. The second kappa shape index (κ2) is 8.47. The summed E-state index contributed by atoms with van der Waals surface area (Å²) in [6, 6.07) is 11.5. The van der Waals surface area contributed by atoms with Crippen LogP contribution >= 0.6 is 11.3 Å². The van der Waals surface area contributed by atoms with Crippen LogP contribution in [0.5, 0.6) is 0 Å². The molecule has 0 radical (unpaired) electrons. The third kappa shape index (κ3) is 4.26. The Morgan fingerprint density at radius 1 is 1.07 bits per heavy atom. The summed E-state index contributed by atoms with van der Waals surface area (Å²) in [6.45, 7) is 8.53. The predicted octanol–water partition coefficient (Wildman–Crippen LogP) is 3.07. The zero-order chi connectivity index (χ0) is 20.4. The molecule has 1 aliphatic rings. The molecule has 0 unspecified atom stereocenters. The van der Waals surface area contributed by atoms with Crippen molar-refractivity contribution in [1.29, 1.82) is 0 Å². The van der Waals surface area contributed by atoms with Crippen LogP contribution < -0.4 is 5.56 Å². The van der Waals surface area contributed by atoms with Crippen molar-refractivity contribution in [2.24, 2.45) is 5.92 Å². The zero-order valence-electron chi connectivity index (χ0n) is 16.9. The summed E-state index contributed by atoms with van der Waals surface area (Å²) in [4.78, 5) is 31.7. The van der Waals surface area contributed by atoms with Crippen molar-refractivity contribution in [3.63, 3.8) is 0 Å². The number of aromatic nitrogens is 2. The Balaban J connectivity index is 1.57. The normalized spacial score (nSPS) is 15.3. The van der Waals surface area contributed by atoms with Crippen LogP contribution in [-0.4, -0.2) is 51.7 Å². The highest BCUT2D eigenvalue weighted by molar-refractivity contribution is 7.09. The van der Waals surface area contributed by atoms with Crippen LogP contribution in [0.1, 0.15) is 29.2 Å². The summed E-state index contributed by atoms with van der Waals surface area (Å²) >= 11 is 1.77. The highest BCUT2D eigenvalue weighted by Gasteiger charge is 2.26. The van der Waals surface area contributed by atoms with E-state index in [2.05, 4.69) is 27.5 Å². The molecule has 2 aromatic heterocycles. The van der Waals surface area contributed by atoms with Gasteiger partial charge in [0.2, 0.25) is 0 Å². The predicted molar refractivity (Wildman–Crippen MR) is 116 cm³/mol. The van der Waals surface area contributed by atoms with E-state index in [0.717, 1.165) is 19.6 Å². The summed E-state index contributed by atoms with van der Waals surface area (Å²) in [5.41, 5.74) is 0.249. The highest BCUT2D eigenvalue weighted by atomic mass is 32.1. The number of carbonyl (C=O) groups excluding carboxylic acids is 1. The summed E-state index contributed by atoms with van der Waals surface area (Å²) in [5, 5.41) is 7.79. The van der Waals surface area contributed by atoms with Crippen LogP contribution in [-0.2, 0) is 13.1 Å². The summed E-state index contributed by atoms with van der Waals surface area (Å²) in [7, 11) is 0.